The van der Waals surface area contributed by atoms with Crippen molar-refractivity contribution in [1.82, 2.24) is 0 Å². The Morgan fingerprint density at radius 1 is 1.10 bits per heavy atom. The third-order valence-electron chi connectivity index (χ3n) is 3.07. The van der Waals surface area contributed by atoms with Gasteiger partial charge in [-0.3, -0.25) is 4.55 Å². The molecule has 0 radical (unpaired) electrons. The molecule has 0 aliphatic carbocycles. The van der Waals surface area contributed by atoms with Crippen LogP contribution >= 0.6 is 0 Å². The minimum Gasteiger partial charge on any atom is -0.496 e. The number of methoxy groups -OCH3 is 1. The normalized spacial score (nSPS) is 11.3. The van der Waals surface area contributed by atoms with Gasteiger partial charge in [-0.05, 0) is 30.2 Å². The maximum atomic E-state index is 11.4. The van der Waals surface area contributed by atoms with Gasteiger partial charge in [0.15, 0.2) is 0 Å². The molecule has 0 spiro atoms. The molecule has 0 aliphatic heterocycles. The molecule has 4 nitrogen and oxygen atoms in total. The second-order valence-corrected chi connectivity index (χ2v) is 5.96. The first-order valence-corrected chi connectivity index (χ1v) is 7.54. The van der Waals surface area contributed by atoms with Crippen molar-refractivity contribution >= 4 is 10.1 Å². The van der Waals surface area contributed by atoms with Crippen LogP contribution in [0, 0.1) is 6.92 Å². The van der Waals surface area contributed by atoms with Gasteiger partial charge in [0.2, 0.25) is 0 Å². The number of hydrogen-bond donors (Lipinski definition) is 1. The van der Waals surface area contributed by atoms with E-state index >= 15 is 0 Å². The molecule has 0 aromatic heterocycles. The van der Waals surface area contributed by atoms with E-state index in [1.165, 1.54) is 6.07 Å². The molecule has 0 saturated heterocycles. The largest absolute Gasteiger partial charge is 0.496 e. The Bertz CT molecular complexity index is 720. The molecule has 0 amide bonds. The lowest BCUT2D eigenvalue weighted by Crippen LogP contribution is -2.05. The van der Waals surface area contributed by atoms with Gasteiger partial charge in [-0.2, -0.15) is 8.42 Å². The van der Waals surface area contributed by atoms with E-state index in [-0.39, 0.29) is 4.90 Å². The molecule has 0 saturated carbocycles. The van der Waals surface area contributed by atoms with Crippen molar-refractivity contribution in [2.24, 2.45) is 0 Å². The Labute approximate surface area is 118 Å². The summed E-state index contributed by atoms with van der Waals surface area (Å²) in [4.78, 5) is -0.0611. The maximum absolute atomic E-state index is 11.4. The van der Waals surface area contributed by atoms with Crippen LogP contribution in [0.4, 0.5) is 0 Å². The van der Waals surface area contributed by atoms with E-state index in [4.69, 9.17) is 4.74 Å². The van der Waals surface area contributed by atoms with E-state index in [0.717, 1.165) is 11.1 Å². The van der Waals surface area contributed by atoms with E-state index in [1.807, 2.05) is 31.2 Å². The van der Waals surface area contributed by atoms with Crippen molar-refractivity contribution in [2.45, 2.75) is 18.2 Å². The average Bonchev–Trinajstić information content (AvgIpc) is 2.38. The predicted molar refractivity (Wildman–Crippen MR) is 76.8 cm³/mol. The van der Waals surface area contributed by atoms with Crippen LogP contribution in [0.15, 0.2) is 47.4 Å². The summed E-state index contributed by atoms with van der Waals surface area (Å²) in [6, 6.07) is 12.2. The molecular formula is C15H16O4S. The number of aryl methyl sites for hydroxylation is 1. The predicted octanol–water partition coefficient (Wildman–Crippen LogP) is 2.84. The fourth-order valence-corrected chi connectivity index (χ4v) is 2.85. The van der Waals surface area contributed by atoms with Crippen LogP contribution in [0.1, 0.15) is 16.7 Å². The number of para-hydroxylation sites is 1. The van der Waals surface area contributed by atoms with E-state index in [0.29, 0.717) is 17.7 Å². The van der Waals surface area contributed by atoms with Crippen molar-refractivity contribution in [3.05, 3.63) is 59.2 Å². The van der Waals surface area contributed by atoms with Crippen LogP contribution in [0.3, 0.4) is 0 Å². The summed E-state index contributed by atoms with van der Waals surface area (Å²) in [5, 5.41) is 0. The fourth-order valence-electron chi connectivity index (χ4n) is 2.15. The number of ether oxygens (including phenoxy) is 1. The molecule has 0 aliphatic rings. The van der Waals surface area contributed by atoms with Gasteiger partial charge < -0.3 is 4.74 Å². The van der Waals surface area contributed by atoms with E-state index in [9.17, 15) is 13.0 Å². The molecular weight excluding hydrogens is 276 g/mol. The Kier molecular flexibility index (Phi) is 4.11. The smallest absolute Gasteiger partial charge is 0.294 e. The third kappa shape index (κ3) is 3.18. The summed E-state index contributed by atoms with van der Waals surface area (Å²) in [7, 11) is -2.66. The van der Waals surface area contributed by atoms with Crippen LogP contribution in [0.25, 0.3) is 0 Å². The van der Waals surface area contributed by atoms with E-state index < -0.39 is 10.1 Å². The SMILES string of the molecule is COc1ccccc1Cc1cc(C)ccc1S(=O)(=O)O. The van der Waals surface area contributed by atoms with Crippen molar-refractivity contribution in [3.8, 4) is 5.75 Å². The topological polar surface area (TPSA) is 63.6 Å². The van der Waals surface area contributed by atoms with Gasteiger partial charge in [0.05, 0.1) is 12.0 Å². The zero-order valence-electron chi connectivity index (χ0n) is 11.3. The zero-order chi connectivity index (χ0) is 14.8. The maximum Gasteiger partial charge on any atom is 0.294 e. The van der Waals surface area contributed by atoms with Gasteiger partial charge in [0.1, 0.15) is 5.75 Å². The highest BCUT2D eigenvalue weighted by Crippen LogP contribution is 2.25. The lowest BCUT2D eigenvalue weighted by Gasteiger charge is -2.11. The molecule has 0 atom stereocenters. The molecule has 2 aromatic rings. The molecule has 0 fully saturated rings. The monoisotopic (exact) mass is 292 g/mol. The second-order valence-electron chi connectivity index (χ2n) is 4.57. The van der Waals surface area contributed by atoms with Crippen molar-refractivity contribution < 1.29 is 17.7 Å². The van der Waals surface area contributed by atoms with Gasteiger partial charge in [-0.1, -0.05) is 35.9 Å². The first-order chi connectivity index (χ1) is 9.41. The highest BCUT2D eigenvalue weighted by Gasteiger charge is 2.16. The van der Waals surface area contributed by atoms with Crippen LogP contribution < -0.4 is 4.74 Å². The summed E-state index contributed by atoms with van der Waals surface area (Å²) in [6.07, 6.45) is 0.376. The second kappa shape index (κ2) is 5.64. The molecule has 5 heteroatoms. The van der Waals surface area contributed by atoms with Crippen LogP contribution in [-0.2, 0) is 16.5 Å². The fraction of sp³-hybridized carbons (Fsp3) is 0.200. The van der Waals surface area contributed by atoms with Crippen molar-refractivity contribution in [3.63, 3.8) is 0 Å². The van der Waals surface area contributed by atoms with Gasteiger partial charge >= 0.3 is 0 Å². The highest BCUT2D eigenvalue weighted by molar-refractivity contribution is 7.85. The first kappa shape index (κ1) is 14.6. The van der Waals surface area contributed by atoms with E-state index in [2.05, 4.69) is 0 Å². The summed E-state index contributed by atoms with van der Waals surface area (Å²) >= 11 is 0. The quantitative estimate of drug-likeness (QED) is 0.880. The summed E-state index contributed by atoms with van der Waals surface area (Å²) < 4.78 is 37.4. The Morgan fingerprint density at radius 3 is 2.45 bits per heavy atom. The average molecular weight is 292 g/mol. The molecule has 20 heavy (non-hydrogen) atoms. The van der Waals surface area contributed by atoms with Gasteiger partial charge in [0, 0.05) is 6.42 Å². The Morgan fingerprint density at radius 2 is 1.80 bits per heavy atom. The van der Waals surface area contributed by atoms with Crippen LogP contribution in [-0.4, -0.2) is 20.1 Å². The van der Waals surface area contributed by atoms with Gasteiger partial charge in [0.25, 0.3) is 10.1 Å². The zero-order valence-corrected chi connectivity index (χ0v) is 12.1. The molecule has 2 aromatic carbocycles. The van der Waals surface area contributed by atoms with Crippen LogP contribution in [0.5, 0.6) is 5.75 Å². The molecule has 1 N–H and O–H groups in total. The molecule has 0 heterocycles. The third-order valence-corrected chi connectivity index (χ3v) is 4.02. The van der Waals surface area contributed by atoms with E-state index in [1.54, 1.807) is 19.2 Å². The number of benzene rings is 2. The summed E-state index contributed by atoms with van der Waals surface area (Å²) in [5.41, 5.74) is 2.35. The van der Waals surface area contributed by atoms with Gasteiger partial charge in [-0.25, -0.2) is 0 Å². The number of rotatable bonds is 4. The lowest BCUT2D eigenvalue weighted by molar-refractivity contribution is 0.410. The number of hydrogen-bond acceptors (Lipinski definition) is 3. The Hall–Kier alpha value is -1.85. The minimum absolute atomic E-state index is 0.0611. The van der Waals surface area contributed by atoms with Crippen LogP contribution in [0.2, 0.25) is 0 Å². The molecule has 2 rings (SSSR count). The summed E-state index contributed by atoms with van der Waals surface area (Å²) in [5.74, 6) is 0.690. The van der Waals surface area contributed by atoms with Crippen molar-refractivity contribution in [1.29, 1.82) is 0 Å². The van der Waals surface area contributed by atoms with Crippen molar-refractivity contribution in [2.75, 3.05) is 7.11 Å². The highest BCUT2D eigenvalue weighted by atomic mass is 32.2. The summed E-state index contributed by atoms with van der Waals surface area (Å²) in [6.45, 7) is 1.87. The molecule has 106 valence electrons. The standard InChI is InChI=1S/C15H16O4S/c1-11-7-8-15(20(16,17)18)13(9-11)10-12-5-3-4-6-14(12)19-2/h3-9H,10H2,1-2H3,(H,16,17,18). The molecule has 0 unspecified atom stereocenters. The van der Waals surface area contributed by atoms with Gasteiger partial charge in [-0.15, -0.1) is 0 Å². The minimum atomic E-state index is -4.23. The molecule has 0 bridgehead atoms. The Balaban J connectivity index is 2.50. The lowest BCUT2D eigenvalue weighted by atomic mass is 10.0. The first-order valence-electron chi connectivity index (χ1n) is 6.10.